The average Bonchev–Trinajstić information content (AvgIpc) is 2.85. The molecular formula is C22H34CaN4O14P2. The molecule has 21 heteroatoms. The van der Waals surface area contributed by atoms with Crippen LogP contribution in [0.25, 0.3) is 0 Å². The number of aromatic hydroxyl groups is 2. The number of rotatable bonds is 17. The molecule has 238 valence electrons. The number of pyridine rings is 2. The van der Waals surface area contributed by atoms with Crippen LogP contribution in [0.2, 0.25) is 0 Å². The predicted octanol–water partition coefficient (Wildman–Crippen LogP) is -0.720. The predicted molar refractivity (Wildman–Crippen MR) is 149 cm³/mol. The Labute approximate surface area is 275 Å². The molecule has 8 N–H and O–H groups in total. The molecule has 2 aromatic heterocycles. The first-order chi connectivity index (χ1) is 19.4. The van der Waals surface area contributed by atoms with Crippen molar-refractivity contribution in [3.05, 3.63) is 46.0 Å². The minimum absolute atomic E-state index is 0. The molecule has 0 spiro atoms. The first-order valence-electron chi connectivity index (χ1n) is 12.0. The molecule has 2 rings (SSSR count). The Morgan fingerprint density at radius 3 is 1.35 bits per heavy atom. The SMILES string of the molecule is Cc1ncc(COP(=O)(O)O)c(CN(CCN(CC(=O)O)Cc2c(COP(=O)(O)O)cnc(C)c2O)CC(=O)O)c1O.[CaH2]. The Hall–Kier alpha value is -1.76. The fourth-order valence-electron chi connectivity index (χ4n) is 3.82. The van der Waals surface area contributed by atoms with Crippen molar-refractivity contribution in [1.29, 1.82) is 0 Å². The summed E-state index contributed by atoms with van der Waals surface area (Å²) in [6, 6.07) is 0. The van der Waals surface area contributed by atoms with E-state index in [4.69, 9.17) is 19.6 Å². The van der Waals surface area contributed by atoms with E-state index in [1.807, 2.05) is 0 Å². The first-order valence-corrected chi connectivity index (χ1v) is 15.0. The van der Waals surface area contributed by atoms with Gasteiger partial charge in [-0.05, 0) is 13.8 Å². The van der Waals surface area contributed by atoms with E-state index in [1.165, 1.54) is 36.0 Å². The van der Waals surface area contributed by atoms with Gasteiger partial charge in [0.25, 0.3) is 0 Å². The summed E-state index contributed by atoms with van der Waals surface area (Å²) in [5.41, 5.74) is 0.627. The normalized spacial score (nSPS) is 12.0. The molecule has 0 saturated carbocycles. The van der Waals surface area contributed by atoms with Gasteiger partial charge in [0.05, 0.1) is 37.7 Å². The first kappa shape index (κ1) is 39.3. The van der Waals surface area contributed by atoms with Gasteiger partial charge < -0.3 is 40.0 Å². The summed E-state index contributed by atoms with van der Waals surface area (Å²) in [7, 11) is -9.78. The number of nitrogens with zero attached hydrogens (tertiary/aromatic N) is 4. The number of aromatic nitrogens is 2. The fraction of sp³-hybridized carbons (Fsp3) is 0.455. The second kappa shape index (κ2) is 17.1. The Balaban J connectivity index is 0.00000924. The van der Waals surface area contributed by atoms with Gasteiger partial charge >= 0.3 is 65.3 Å². The molecule has 0 radical (unpaired) electrons. The van der Waals surface area contributed by atoms with Crippen LogP contribution in [0.1, 0.15) is 33.6 Å². The van der Waals surface area contributed by atoms with Crippen LogP contribution in [0.15, 0.2) is 12.4 Å². The molecule has 18 nitrogen and oxygen atoms in total. The van der Waals surface area contributed by atoms with Gasteiger partial charge in [0.1, 0.15) is 11.5 Å². The topological polar surface area (TPSA) is 281 Å². The summed E-state index contributed by atoms with van der Waals surface area (Å²) < 4.78 is 31.4. The molecule has 43 heavy (non-hydrogen) atoms. The fourth-order valence-corrected chi connectivity index (χ4v) is 4.43. The molecule has 0 amide bonds. The number of hydrogen-bond acceptors (Lipinski definition) is 12. The van der Waals surface area contributed by atoms with Gasteiger partial charge in [-0.3, -0.25) is 38.4 Å². The van der Waals surface area contributed by atoms with Crippen molar-refractivity contribution in [3.63, 3.8) is 0 Å². The quantitative estimate of drug-likeness (QED) is 0.0756. The maximum atomic E-state index is 11.6. The van der Waals surface area contributed by atoms with E-state index in [0.29, 0.717) is 0 Å². The zero-order chi connectivity index (χ0) is 31.8. The van der Waals surface area contributed by atoms with E-state index < -0.39 is 53.9 Å². The van der Waals surface area contributed by atoms with Gasteiger partial charge in [-0.15, -0.1) is 0 Å². The number of aryl methyl sites for hydroxylation is 2. The number of aliphatic carboxylic acids is 2. The van der Waals surface area contributed by atoms with Crippen molar-refractivity contribution in [2.24, 2.45) is 0 Å². The standard InChI is InChI=1S/C22H32N4O14P2.Ca.2H/c1-13-21(31)17(15(5-23-13)11-39-41(33,34)35)7-25(9-19(27)28)3-4-26(10-20(29)30)8-18-16(12-40-42(36,37)38)6-24-14(2)22(18)32;;;/h5-6,31-32H,3-4,7-12H2,1-2H3,(H,27,28)(H,29,30)(H2,33,34,35)(H2,36,37,38);;;. The van der Waals surface area contributed by atoms with Crippen LogP contribution in [-0.4, -0.2) is 136 Å². The van der Waals surface area contributed by atoms with Gasteiger partial charge in [0.15, 0.2) is 0 Å². The zero-order valence-electron chi connectivity index (χ0n) is 22.5. The summed E-state index contributed by atoms with van der Waals surface area (Å²) in [5, 5.41) is 40.1. The molecule has 2 aromatic rings. The molecule has 0 fully saturated rings. The van der Waals surface area contributed by atoms with Crippen molar-refractivity contribution in [2.75, 3.05) is 26.2 Å². The molecule has 0 bridgehead atoms. The van der Waals surface area contributed by atoms with Crippen LogP contribution in [-0.2, 0) is 54.1 Å². The van der Waals surface area contributed by atoms with E-state index in [1.54, 1.807) is 0 Å². The van der Waals surface area contributed by atoms with Gasteiger partial charge in [-0.1, -0.05) is 0 Å². The van der Waals surface area contributed by atoms with Crippen molar-refractivity contribution >= 4 is 65.3 Å². The molecule has 0 atom stereocenters. The second-order valence-corrected chi connectivity index (χ2v) is 11.6. The Bertz CT molecular complexity index is 1280. The minimum atomic E-state index is -4.89. The number of phosphoric acid groups is 2. The second-order valence-electron chi connectivity index (χ2n) is 9.13. The Kier molecular flexibility index (Phi) is 15.6. The molecule has 0 aliphatic rings. The number of carbonyl (C=O) groups is 2. The van der Waals surface area contributed by atoms with Crippen LogP contribution in [0, 0.1) is 13.8 Å². The van der Waals surface area contributed by atoms with Gasteiger partial charge in [-0.2, -0.15) is 0 Å². The van der Waals surface area contributed by atoms with Crippen LogP contribution >= 0.6 is 15.6 Å². The zero-order valence-corrected chi connectivity index (χ0v) is 24.3. The Morgan fingerprint density at radius 1 is 0.744 bits per heavy atom. The third-order valence-electron chi connectivity index (χ3n) is 5.85. The van der Waals surface area contributed by atoms with Gasteiger partial charge in [0, 0.05) is 60.8 Å². The summed E-state index contributed by atoms with van der Waals surface area (Å²) >= 11 is 0. The molecule has 0 unspecified atom stereocenters. The molecule has 0 aliphatic heterocycles. The number of hydrogen-bond donors (Lipinski definition) is 8. The van der Waals surface area contributed by atoms with Crippen molar-refractivity contribution < 1.29 is 67.8 Å². The summed E-state index contributed by atoms with van der Waals surface area (Å²) in [4.78, 5) is 70.0. The van der Waals surface area contributed by atoms with Crippen LogP contribution in [0.5, 0.6) is 11.5 Å². The van der Waals surface area contributed by atoms with Gasteiger partial charge in [0.2, 0.25) is 0 Å². The number of phosphoric ester groups is 2. The maximum absolute atomic E-state index is 11.6. The molecular weight excluding hydrogens is 646 g/mol. The molecule has 0 saturated heterocycles. The molecule has 2 heterocycles. The van der Waals surface area contributed by atoms with Crippen LogP contribution < -0.4 is 0 Å². The summed E-state index contributed by atoms with van der Waals surface area (Å²) in [6.45, 7) is -0.287. The van der Waals surface area contributed by atoms with Crippen LogP contribution in [0.3, 0.4) is 0 Å². The molecule has 0 aromatic carbocycles. The van der Waals surface area contributed by atoms with Crippen molar-refractivity contribution in [1.82, 2.24) is 19.8 Å². The van der Waals surface area contributed by atoms with E-state index in [9.17, 15) is 39.1 Å². The van der Waals surface area contributed by atoms with E-state index in [0.717, 1.165) is 0 Å². The van der Waals surface area contributed by atoms with Crippen molar-refractivity contribution in [3.8, 4) is 11.5 Å². The summed E-state index contributed by atoms with van der Waals surface area (Å²) in [5.74, 6) is -3.24. The van der Waals surface area contributed by atoms with E-state index in [-0.39, 0.29) is 109 Å². The summed E-state index contributed by atoms with van der Waals surface area (Å²) in [6.07, 6.45) is 2.43. The Morgan fingerprint density at radius 2 is 1.07 bits per heavy atom. The monoisotopic (exact) mass is 680 g/mol. The third-order valence-corrected chi connectivity index (χ3v) is 6.78. The van der Waals surface area contributed by atoms with Gasteiger partial charge in [-0.25, -0.2) is 9.13 Å². The van der Waals surface area contributed by atoms with E-state index >= 15 is 0 Å². The van der Waals surface area contributed by atoms with E-state index in [2.05, 4.69) is 19.0 Å². The van der Waals surface area contributed by atoms with Crippen molar-refractivity contribution in [2.45, 2.75) is 40.2 Å². The number of carboxylic acid groups (broad SMARTS) is 2. The number of carboxylic acids is 2. The van der Waals surface area contributed by atoms with Crippen LogP contribution in [0.4, 0.5) is 0 Å². The average molecular weight is 681 g/mol. The third kappa shape index (κ3) is 13.8. The molecule has 0 aliphatic carbocycles.